The van der Waals surface area contributed by atoms with E-state index in [0.29, 0.717) is 11.5 Å². The number of nitrogens with zero attached hydrogens (tertiary/aromatic N) is 4. The van der Waals surface area contributed by atoms with Crippen LogP contribution in [0.2, 0.25) is 0 Å². The molecule has 3 heterocycles. The zero-order valence-electron chi connectivity index (χ0n) is 15.2. The maximum Gasteiger partial charge on any atom is 0.165 e. The van der Waals surface area contributed by atoms with E-state index in [1.807, 2.05) is 43.3 Å². The van der Waals surface area contributed by atoms with Crippen molar-refractivity contribution in [3.05, 3.63) is 72.6 Å². The maximum atomic E-state index is 9.81. The van der Waals surface area contributed by atoms with Crippen LogP contribution < -0.4 is 5.73 Å². The molecule has 3 aromatic heterocycles. The van der Waals surface area contributed by atoms with Gasteiger partial charge in [-0.2, -0.15) is 9.61 Å². The second-order valence-corrected chi connectivity index (χ2v) is 6.78. The predicted molar refractivity (Wildman–Crippen MR) is 110 cm³/mol. The minimum atomic E-state index is 0.260. The molecule has 6 nitrogen and oxygen atoms in total. The van der Waals surface area contributed by atoms with Crippen LogP contribution in [-0.4, -0.2) is 24.7 Å². The first-order valence-corrected chi connectivity index (χ1v) is 8.89. The van der Waals surface area contributed by atoms with E-state index in [2.05, 4.69) is 16.1 Å². The second-order valence-electron chi connectivity index (χ2n) is 6.78. The number of nitrogens with two attached hydrogens (primary N) is 1. The van der Waals surface area contributed by atoms with Crippen LogP contribution in [0.5, 0.6) is 5.75 Å². The number of pyridine rings is 1. The van der Waals surface area contributed by atoms with Gasteiger partial charge in [0.2, 0.25) is 0 Å². The molecule has 0 fully saturated rings. The number of aromatic nitrogens is 4. The van der Waals surface area contributed by atoms with Crippen molar-refractivity contribution >= 4 is 22.4 Å². The van der Waals surface area contributed by atoms with Gasteiger partial charge < -0.3 is 10.8 Å². The summed E-state index contributed by atoms with van der Waals surface area (Å²) in [5.74, 6) is 0.755. The van der Waals surface area contributed by atoms with Crippen molar-refractivity contribution in [3.63, 3.8) is 0 Å². The molecular weight excluding hydrogens is 350 g/mol. The molecule has 0 unspecified atom stereocenters. The number of phenols is 1. The molecule has 0 bridgehead atoms. The van der Waals surface area contributed by atoms with Crippen LogP contribution in [0.15, 0.2) is 67.0 Å². The Balaban J connectivity index is 1.71. The van der Waals surface area contributed by atoms with Crippen LogP contribution in [0.3, 0.4) is 0 Å². The average Bonchev–Trinajstić information content (AvgIpc) is 3.14. The molecule has 5 rings (SSSR count). The molecule has 0 aliphatic rings. The fourth-order valence-electron chi connectivity index (χ4n) is 3.37. The highest BCUT2D eigenvalue weighted by molar-refractivity contribution is 5.85. The van der Waals surface area contributed by atoms with Crippen LogP contribution in [0.1, 0.15) is 5.56 Å². The predicted octanol–water partition coefficient (Wildman–Crippen LogP) is 4.21. The van der Waals surface area contributed by atoms with Gasteiger partial charge in [0.1, 0.15) is 11.6 Å². The molecule has 0 atom stereocenters. The highest BCUT2D eigenvalue weighted by Crippen LogP contribution is 2.31. The quantitative estimate of drug-likeness (QED) is 0.488. The minimum Gasteiger partial charge on any atom is -0.508 e. The first-order valence-electron chi connectivity index (χ1n) is 8.89. The topological polar surface area (TPSA) is 89.3 Å². The van der Waals surface area contributed by atoms with Gasteiger partial charge in [-0.25, -0.2) is 4.98 Å². The van der Waals surface area contributed by atoms with Crippen molar-refractivity contribution in [3.8, 4) is 28.1 Å². The smallest absolute Gasteiger partial charge is 0.165 e. The summed E-state index contributed by atoms with van der Waals surface area (Å²) in [7, 11) is 0. The van der Waals surface area contributed by atoms with Gasteiger partial charge in [0.25, 0.3) is 0 Å². The van der Waals surface area contributed by atoms with E-state index in [4.69, 9.17) is 10.7 Å². The lowest BCUT2D eigenvalue weighted by molar-refractivity contribution is 0.471. The number of hydrogen-bond donors (Lipinski definition) is 2. The summed E-state index contributed by atoms with van der Waals surface area (Å²) in [5.41, 5.74) is 12.0. The second kappa shape index (κ2) is 6.06. The van der Waals surface area contributed by atoms with E-state index < -0.39 is 0 Å². The van der Waals surface area contributed by atoms with Crippen LogP contribution in [0, 0.1) is 6.92 Å². The molecule has 3 N–H and O–H groups in total. The lowest BCUT2D eigenvalue weighted by Crippen LogP contribution is -2.01. The number of aryl methyl sites for hydroxylation is 1. The minimum absolute atomic E-state index is 0.260. The van der Waals surface area contributed by atoms with Crippen LogP contribution in [0.25, 0.3) is 38.9 Å². The Morgan fingerprint density at radius 3 is 2.68 bits per heavy atom. The standard InChI is InChI=1S/C22H17N5O/c1-13-8-14(6-7-20(13)28)17-12-25-27-21(23)10-19(26-22(17)27)16-9-15-4-2-3-5-18(15)24-11-16/h2-12,28H,23H2,1H3. The number of rotatable bonds is 2. The van der Waals surface area contributed by atoms with Gasteiger partial charge in [-0.1, -0.05) is 24.3 Å². The molecule has 0 spiro atoms. The van der Waals surface area contributed by atoms with Crippen molar-refractivity contribution in [2.75, 3.05) is 5.73 Å². The van der Waals surface area contributed by atoms with Crippen molar-refractivity contribution in [1.82, 2.24) is 19.6 Å². The van der Waals surface area contributed by atoms with E-state index in [-0.39, 0.29) is 5.75 Å². The maximum absolute atomic E-state index is 9.81. The monoisotopic (exact) mass is 367 g/mol. The molecule has 2 aromatic carbocycles. The van der Waals surface area contributed by atoms with Gasteiger partial charge in [-0.05, 0) is 42.3 Å². The largest absolute Gasteiger partial charge is 0.508 e. The molecule has 0 saturated heterocycles. The van der Waals surface area contributed by atoms with Gasteiger partial charge in [0.05, 0.1) is 17.4 Å². The average molecular weight is 367 g/mol. The van der Waals surface area contributed by atoms with E-state index >= 15 is 0 Å². The van der Waals surface area contributed by atoms with E-state index in [1.54, 1.807) is 29.0 Å². The summed E-state index contributed by atoms with van der Waals surface area (Å²) in [4.78, 5) is 9.35. The Morgan fingerprint density at radius 1 is 0.964 bits per heavy atom. The zero-order valence-corrected chi connectivity index (χ0v) is 15.2. The molecule has 0 saturated carbocycles. The zero-order chi connectivity index (χ0) is 19.3. The molecule has 0 amide bonds. The van der Waals surface area contributed by atoms with Gasteiger partial charge in [0.15, 0.2) is 5.65 Å². The highest BCUT2D eigenvalue weighted by Gasteiger charge is 2.14. The van der Waals surface area contributed by atoms with Crippen LogP contribution in [0.4, 0.5) is 5.82 Å². The number of phenolic OH excluding ortho intramolecular Hbond substituents is 1. The SMILES string of the molecule is Cc1cc(-c2cnn3c(N)cc(-c4cnc5ccccc5c4)nc23)ccc1O. The van der Waals surface area contributed by atoms with Gasteiger partial charge >= 0.3 is 0 Å². The Morgan fingerprint density at radius 2 is 1.82 bits per heavy atom. The van der Waals surface area contributed by atoms with Crippen molar-refractivity contribution in [2.24, 2.45) is 0 Å². The van der Waals surface area contributed by atoms with Crippen molar-refractivity contribution in [2.45, 2.75) is 6.92 Å². The summed E-state index contributed by atoms with van der Waals surface area (Å²) in [6.45, 7) is 1.86. The lowest BCUT2D eigenvalue weighted by atomic mass is 10.1. The Kier molecular flexibility index (Phi) is 3.52. The number of anilines is 1. The molecule has 0 aliphatic carbocycles. The molecular formula is C22H17N5O. The van der Waals surface area contributed by atoms with E-state index in [1.165, 1.54) is 0 Å². The summed E-state index contributed by atoms with van der Waals surface area (Å²) < 4.78 is 1.62. The van der Waals surface area contributed by atoms with Crippen molar-refractivity contribution in [1.29, 1.82) is 0 Å². The Hall–Kier alpha value is -3.93. The first kappa shape index (κ1) is 16.3. The van der Waals surface area contributed by atoms with E-state index in [0.717, 1.165) is 38.9 Å². The molecule has 0 aliphatic heterocycles. The van der Waals surface area contributed by atoms with Gasteiger partial charge in [-0.15, -0.1) is 0 Å². The summed E-state index contributed by atoms with van der Waals surface area (Å²) in [6.07, 6.45) is 3.55. The lowest BCUT2D eigenvalue weighted by Gasteiger charge is -2.07. The Bertz CT molecular complexity index is 1360. The normalized spacial score (nSPS) is 11.3. The number of para-hydroxylation sites is 1. The number of benzene rings is 2. The Labute approximate surface area is 160 Å². The van der Waals surface area contributed by atoms with Crippen LogP contribution >= 0.6 is 0 Å². The van der Waals surface area contributed by atoms with Gasteiger partial charge in [0, 0.05) is 28.8 Å². The number of aromatic hydroxyl groups is 1. The molecule has 6 heteroatoms. The third kappa shape index (κ3) is 2.54. The number of nitrogen functional groups attached to an aromatic ring is 1. The molecule has 5 aromatic rings. The third-order valence-corrected chi connectivity index (χ3v) is 4.89. The molecule has 0 radical (unpaired) electrons. The fourth-order valence-corrected chi connectivity index (χ4v) is 3.37. The third-order valence-electron chi connectivity index (χ3n) is 4.89. The molecule has 136 valence electrons. The summed E-state index contributed by atoms with van der Waals surface area (Å²) in [5, 5.41) is 15.2. The molecule has 28 heavy (non-hydrogen) atoms. The summed E-state index contributed by atoms with van der Waals surface area (Å²) in [6, 6.07) is 17.3. The highest BCUT2D eigenvalue weighted by atomic mass is 16.3. The van der Waals surface area contributed by atoms with Gasteiger partial charge in [-0.3, -0.25) is 4.98 Å². The fraction of sp³-hybridized carbons (Fsp3) is 0.0455. The van der Waals surface area contributed by atoms with Crippen LogP contribution in [-0.2, 0) is 0 Å². The van der Waals surface area contributed by atoms with Crippen molar-refractivity contribution < 1.29 is 5.11 Å². The first-order chi connectivity index (χ1) is 13.6. The number of hydrogen-bond acceptors (Lipinski definition) is 5. The number of fused-ring (bicyclic) bond motifs is 2. The summed E-state index contributed by atoms with van der Waals surface area (Å²) >= 11 is 0. The van der Waals surface area contributed by atoms with E-state index in [9.17, 15) is 5.11 Å².